The fourth-order valence-electron chi connectivity index (χ4n) is 2.35. The first-order valence-electron chi connectivity index (χ1n) is 6.77. The van der Waals surface area contributed by atoms with Gasteiger partial charge in [0.2, 0.25) is 0 Å². The van der Waals surface area contributed by atoms with Crippen LogP contribution in [0.15, 0.2) is 35.8 Å². The van der Waals surface area contributed by atoms with Gasteiger partial charge in [-0.3, -0.25) is 4.79 Å². The Morgan fingerprint density at radius 3 is 2.62 bits per heavy atom. The van der Waals surface area contributed by atoms with E-state index in [-0.39, 0.29) is 0 Å². The Morgan fingerprint density at radius 1 is 1.14 bits per heavy atom. The summed E-state index contributed by atoms with van der Waals surface area (Å²) in [5, 5.41) is 6.68. The van der Waals surface area contributed by atoms with Gasteiger partial charge in [0.05, 0.1) is 16.1 Å². The largest absolute Gasteiger partial charge is 0.298 e. The van der Waals surface area contributed by atoms with Crippen LogP contribution in [-0.4, -0.2) is 16.1 Å². The van der Waals surface area contributed by atoms with E-state index in [4.69, 9.17) is 0 Å². The van der Waals surface area contributed by atoms with Gasteiger partial charge in [-0.15, -0.1) is 11.3 Å². The van der Waals surface area contributed by atoms with Crippen molar-refractivity contribution < 1.29 is 4.79 Å². The fourth-order valence-corrected chi connectivity index (χ4v) is 3.29. The highest BCUT2D eigenvalue weighted by Gasteiger charge is 2.15. The normalized spacial score (nSPS) is 10.8. The molecule has 3 nitrogen and oxygen atoms in total. The van der Waals surface area contributed by atoms with Crippen molar-refractivity contribution in [1.82, 2.24) is 9.78 Å². The van der Waals surface area contributed by atoms with E-state index in [2.05, 4.69) is 30.2 Å². The van der Waals surface area contributed by atoms with Gasteiger partial charge in [0.25, 0.3) is 0 Å². The molecule has 0 aliphatic carbocycles. The Hall–Kier alpha value is -2.20. The van der Waals surface area contributed by atoms with Crippen molar-refractivity contribution in [3.8, 4) is 16.3 Å². The van der Waals surface area contributed by atoms with Gasteiger partial charge in [-0.05, 0) is 55.0 Å². The molecule has 2 aromatic heterocycles. The monoisotopic (exact) mass is 296 g/mol. The fraction of sp³-hybridized carbons (Fsp3) is 0.176. The first-order chi connectivity index (χ1) is 10.1. The molecule has 1 aromatic carbocycles. The smallest absolute Gasteiger partial charge is 0.153 e. The Morgan fingerprint density at radius 2 is 1.95 bits per heavy atom. The number of carbonyl (C=O) groups excluding carboxylic acids is 1. The lowest BCUT2D eigenvalue weighted by Crippen LogP contribution is -1.98. The Labute approximate surface area is 127 Å². The van der Waals surface area contributed by atoms with Crippen LogP contribution in [0.3, 0.4) is 0 Å². The second kappa shape index (κ2) is 5.30. The minimum absolute atomic E-state index is 0.626. The van der Waals surface area contributed by atoms with Crippen molar-refractivity contribution in [2.45, 2.75) is 20.8 Å². The number of hydrogen-bond acceptors (Lipinski definition) is 3. The number of thiophene rings is 1. The summed E-state index contributed by atoms with van der Waals surface area (Å²) in [6, 6.07) is 8.28. The van der Waals surface area contributed by atoms with E-state index < -0.39 is 0 Å². The van der Waals surface area contributed by atoms with Gasteiger partial charge < -0.3 is 0 Å². The van der Waals surface area contributed by atoms with Gasteiger partial charge >= 0.3 is 0 Å². The van der Waals surface area contributed by atoms with Crippen LogP contribution in [0.25, 0.3) is 16.3 Å². The molecule has 0 fully saturated rings. The average molecular weight is 296 g/mol. The summed E-state index contributed by atoms with van der Waals surface area (Å²) < 4.78 is 1.81. The highest BCUT2D eigenvalue weighted by molar-refractivity contribution is 7.13. The molecule has 0 N–H and O–H groups in total. The van der Waals surface area contributed by atoms with Crippen molar-refractivity contribution in [2.24, 2.45) is 0 Å². The second-order valence-electron chi connectivity index (χ2n) is 5.22. The minimum atomic E-state index is 0.626. The zero-order valence-corrected chi connectivity index (χ0v) is 13.1. The van der Waals surface area contributed by atoms with Crippen LogP contribution in [0.5, 0.6) is 0 Å². The molecule has 0 unspecified atom stereocenters. The van der Waals surface area contributed by atoms with Crippen molar-refractivity contribution in [1.29, 1.82) is 0 Å². The molecule has 0 aliphatic heterocycles. The Kier molecular flexibility index (Phi) is 3.47. The SMILES string of the molecule is Cc1ccc(C)c(-n2cc(C=O)c(-c3sccc3C)n2)c1. The molecule has 21 heavy (non-hydrogen) atoms. The maximum absolute atomic E-state index is 11.4. The summed E-state index contributed by atoms with van der Waals surface area (Å²) in [5.74, 6) is 0. The number of benzene rings is 1. The van der Waals surface area contributed by atoms with E-state index in [0.29, 0.717) is 5.56 Å². The van der Waals surface area contributed by atoms with Gasteiger partial charge in [0, 0.05) is 6.20 Å². The second-order valence-corrected chi connectivity index (χ2v) is 6.13. The summed E-state index contributed by atoms with van der Waals surface area (Å²) >= 11 is 1.61. The van der Waals surface area contributed by atoms with Crippen LogP contribution in [0.2, 0.25) is 0 Å². The summed E-state index contributed by atoms with van der Waals surface area (Å²) in [5.41, 5.74) is 5.86. The zero-order valence-electron chi connectivity index (χ0n) is 12.3. The predicted octanol–water partition coefficient (Wildman–Crippen LogP) is 4.34. The van der Waals surface area contributed by atoms with E-state index in [1.807, 2.05) is 31.5 Å². The minimum Gasteiger partial charge on any atom is -0.298 e. The number of aldehydes is 1. The number of rotatable bonds is 3. The molecule has 0 amide bonds. The molecule has 0 atom stereocenters. The lowest BCUT2D eigenvalue weighted by molar-refractivity contribution is 0.112. The molecule has 0 saturated carbocycles. The first-order valence-corrected chi connectivity index (χ1v) is 7.65. The maximum Gasteiger partial charge on any atom is 0.153 e. The number of aryl methyl sites for hydroxylation is 3. The quantitative estimate of drug-likeness (QED) is 0.674. The molecular formula is C17H16N2OS. The van der Waals surface area contributed by atoms with Crippen LogP contribution in [0.1, 0.15) is 27.0 Å². The standard InChI is InChI=1S/C17H16N2OS/c1-11-4-5-12(2)15(8-11)19-9-14(10-20)16(18-19)17-13(3)6-7-21-17/h4-10H,1-3H3. The molecular weight excluding hydrogens is 280 g/mol. The highest BCUT2D eigenvalue weighted by atomic mass is 32.1. The Bertz CT molecular complexity index is 814. The molecule has 3 aromatic rings. The molecule has 3 rings (SSSR count). The lowest BCUT2D eigenvalue weighted by atomic mass is 10.1. The van der Waals surface area contributed by atoms with Crippen LogP contribution < -0.4 is 0 Å². The van der Waals surface area contributed by atoms with E-state index in [1.54, 1.807) is 16.0 Å². The number of aromatic nitrogens is 2. The summed E-state index contributed by atoms with van der Waals surface area (Å²) in [7, 11) is 0. The van der Waals surface area contributed by atoms with Gasteiger partial charge in [0.15, 0.2) is 6.29 Å². The molecule has 106 valence electrons. The first kappa shape index (κ1) is 13.8. The van der Waals surface area contributed by atoms with Crippen molar-refractivity contribution in [3.05, 3.63) is 58.1 Å². The molecule has 0 bridgehead atoms. The topological polar surface area (TPSA) is 34.9 Å². The van der Waals surface area contributed by atoms with Crippen molar-refractivity contribution >= 4 is 17.6 Å². The van der Waals surface area contributed by atoms with Gasteiger partial charge in [-0.1, -0.05) is 12.1 Å². The number of nitrogens with zero attached hydrogens (tertiary/aromatic N) is 2. The molecule has 2 heterocycles. The van der Waals surface area contributed by atoms with Gasteiger partial charge in [-0.2, -0.15) is 5.10 Å². The van der Waals surface area contributed by atoms with Crippen LogP contribution in [-0.2, 0) is 0 Å². The number of carbonyl (C=O) groups is 1. The highest BCUT2D eigenvalue weighted by Crippen LogP contribution is 2.31. The van der Waals surface area contributed by atoms with E-state index in [9.17, 15) is 4.79 Å². The molecule has 0 radical (unpaired) electrons. The van der Waals surface area contributed by atoms with Gasteiger partial charge in [-0.25, -0.2) is 4.68 Å². The predicted molar refractivity (Wildman–Crippen MR) is 86.5 cm³/mol. The third-order valence-electron chi connectivity index (χ3n) is 3.56. The van der Waals surface area contributed by atoms with E-state index >= 15 is 0 Å². The average Bonchev–Trinajstić information content (AvgIpc) is 3.07. The van der Waals surface area contributed by atoms with E-state index in [1.165, 1.54) is 5.56 Å². The Balaban J connectivity index is 2.18. The third-order valence-corrected chi connectivity index (χ3v) is 4.58. The lowest BCUT2D eigenvalue weighted by Gasteiger charge is -2.06. The van der Waals surface area contributed by atoms with Crippen molar-refractivity contribution in [3.63, 3.8) is 0 Å². The van der Waals surface area contributed by atoms with Crippen molar-refractivity contribution in [2.75, 3.05) is 0 Å². The number of hydrogen-bond donors (Lipinski definition) is 0. The van der Waals surface area contributed by atoms with Crippen LogP contribution >= 0.6 is 11.3 Å². The molecule has 0 saturated heterocycles. The summed E-state index contributed by atoms with van der Waals surface area (Å²) in [6.45, 7) is 6.14. The maximum atomic E-state index is 11.4. The summed E-state index contributed by atoms with van der Waals surface area (Å²) in [4.78, 5) is 12.4. The van der Waals surface area contributed by atoms with Gasteiger partial charge in [0.1, 0.15) is 5.69 Å². The molecule has 0 aliphatic rings. The third kappa shape index (κ3) is 2.43. The molecule has 4 heteroatoms. The van der Waals surface area contributed by atoms with Crippen LogP contribution in [0, 0.1) is 20.8 Å². The zero-order chi connectivity index (χ0) is 15.0. The summed E-state index contributed by atoms with van der Waals surface area (Å²) in [6.07, 6.45) is 2.69. The molecule has 0 spiro atoms. The van der Waals surface area contributed by atoms with Crippen LogP contribution in [0.4, 0.5) is 0 Å². The van der Waals surface area contributed by atoms with E-state index in [0.717, 1.165) is 33.7 Å².